The molecule has 0 saturated heterocycles. The molecule has 1 fully saturated rings. The minimum Gasteiger partial charge on any atom is -0.381 e. The molecule has 1 unspecified atom stereocenters. The van der Waals surface area contributed by atoms with Gasteiger partial charge in [-0.3, -0.25) is 0 Å². The van der Waals surface area contributed by atoms with Crippen molar-refractivity contribution in [2.75, 3.05) is 23.9 Å². The summed E-state index contributed by atoms with van der Waals surface area (Å²) in [5.41, 5.74) is -0.856. The van der Waals surface area contributed by atoms with E-state index in [9.17, 15) is 31.4 Å². The van der Waals surface area contributed by atoms with Gasteiger partial charge >= 0.3 is 12.4 Å². The van der Waals surface area contributed by atoms with Gasteiger partial charge in [-0.25, -0.2) is 4.98 Å². The number of benzene rings is 2. The Balaban J connectivity index is 1.42. The van der Waals surface area contributed by atoms with E-state index in [4.69, 9.17) is 10.00 Å². The molecule has 0 amide bonds. The molecule has 3 N–H and O–H groups in total. The molecule has 4 aromatic rings. The molecule has 1 aliphatic carbocycles. The summed E-state index contributed by atoms with van der Waals surface area (Å²) in [4.78, 5) is 5.86. The zero-order chi connectivity index (χ0) is 35.8. The van der Waals surface area contributed by atoms with Crippen molar-refractivity contribution in [2.24, 2.45) is 7.05 Å². The monoisotopic (exact) mass is 700 g/mol. The molecular formula is C34H34F6N8O2. The van der Waals surface area contributed by atoms with Gasteiger partial charge in [-0.1, -0.05) is 0 Å². The molecule has 2 aromatic carbocycles. The maximum atomic E-state index is 14.5. The molecular weight excluding hydrogens is 666 g/mol. The highest BCUT2D eigenvalue weighted by Gasteiger charge is 2.41. The van der Waals surface area contributed by atoms with Crippen molar-refractivity contribution in [3.8, 4) is 28.6 Å². The van der Waals surface area contributed by atoms with Crippen molar-refractivity contribution in [2.45, 2.75) is 69.5 Å². The molecule has 2 aliphatic rings. The molecule has 3 heterocycles. The molecule has 1 aliphatic heterocycles. The van der Waals surface area contributed by atoms with Crippen molar-refractivity contribution in [3.63, 3.8) is 0 Å². The second-order valence-corrected chi connectivity index (χ2v) is 12.4. The fourth-order valence-corrected chi connectivity index (χ4v) is 6.31. The number of aliphatic hydroxyl groups is 1. The van der Waals surface area contributed by atoms with E-state index < -0.39 is 29.7 Å². The Hall–Kier alpha value is -4.72. The minimum absolute atomic E-state index is 0.0307. The standard InChI is InChI=1S/C34H34F6N8O2/c1-47-18-44-46-31(47)24-6-5-21(33(35,36)37)13-25(24)20-11-29(42-8-4-3-7-41)45-30(12-20)48-17-27-26(32(48)49)9-19(10-28(27)34(38,39)40)16-43-22-14-23(15-22)50-2/h5-6,9-13,18,22-23,32,43,49H,3-4,8,14-17H2,1-2H3,(H,42,45)/t22-,23+,32?. The number of fused-ring (bicyclic) bond motifs is 1. The summed E-state index contributed by atoms with van der Waals surface area (Å²) in [6.07, 6.45) is -7.29. The quantitative estimate of drug-likeness (QED) is 0.118. The van der Waals surface area contributed by atoms with Crippen LogP contribution in [-0.2, 0) is 37.2 Å². The maximum absolute atomic E-state index is 14.5. The molecule has 16 heteroatoms. The smallest absolute Gasteiger partial charge is 0.381 e. The number of hydrogen-bond acceptors (Lipinski definition) is 9. The SMILES string of the molecule is CO[C@H]1C[C@@H](NCc2cc3c(c(C(F)(F)F)c2)CN(c2cc(-c4cc(C(F)(F)F)ccc4-c4nncn4C)cc(NCCCC#N)n2)C3O)C1. The van der Waals surface area contributed by atoms with E-state index in [0.717, 1.165) is 31.0 Å². The number of halogens is 6. The Kier molecular flexibility index (Phi) is 9.75. The Labute approximate surface area is 283 Å². The molecule has 264 valence electrons. The Morgan fingerprint density at radius 2 is 1.82 bits per heavy atom. The van der Waals surface area contributed by atoms with Crippen LogP contribution < -0.4 is 15.5 Å². The summed E-state index contributed by atoms with van der Waals surface area (Å²) < 4.78 is 92.1. The molecule has 2 aromatic heterocycles. The van der Waals surface area contributed by atoms with Crippen LogP contribution in [0.15, 0.2) is 48.8 Å². The van der Waals surface area contributed by atoms with Gasteiger partial charge in [-0.05, 0) is 84.0 Å². The van der Waals surface area contributed by atoms with Gasteiger partial charge in [0, 0.05) is 57.4 Å². The Morgan fingerprint density at radius 1 is 1.04 bits per heavy atom. The fourth-order valence-electron chi connectivity index (χ4n) is 6.31. The lowest BCUT2D eigenvalue weighted by molar-refractivity contribution is -0.138. The fraction of sp³-hybridized carbons (Fsp3) is 0.412. The molecule has 1 saturated carbocycles. The average Bonchev–Trinajstić information content (AvgIpc) is 3.63. The van der Waals surface area contributed by atoms with E-state index in [1.54, 1.807) is 24.8 Å². The molecule has 50 heavy (non-hydrogen) atoms. The Morgan fingerprint density at radius 3 is 2.48 bits per heavy atom. The zero-order valence-electron chi connectivity index (χ0n) is 27.1. The number of aryl methyl sites for hydroxylation is 1. The molecule has 10 nitrogen and oxygen atoms in total. The number of nitrogens with zero attached hydrogens (tertiary/aromatic N) is 6. The number of alkyl halides is 6. The lowest BCUT2D eigenvalue weighted by Gasteiger charge is -2.34. The first-order chi connectivity index (χ1) is 23.8. The van der Waals surface area contributed by atoms with Crippen LogP contribution in [0.3, 0.4) is 0 Å². The van der Waals surface area contributed by atoms with Crippen molar-refractivity contribution >= 4 is 11.6 Å². The van der Waals surface area contributed by atoms with Crippen LogP contribution in [-0.4, -0.2) is 50.7 Å². The third-order valence-electron chi connectivity index (χ3n) is 9.06. The summed E-state index contributed by atoms with van der Waals surface area (Å²) in [7, 11) is 3.25. The van der Waals surface area contributed by atoms with E-state index in [1.165, 1.54) is 29.4 Å². The number of aromatic nitrogens is 4. The van der Waals surface area contributed by atoms with Crippen LogP contribution in [0, 0.1) is 11.3 Å². The number of pyridine rings is 1. The highest BCUT2D eigenvalue weighted by Crippen LogP contribution is 2.45. The second kappa shape index (κ2) is 13.9. The van der Waals surface area contributed by atoms with Gasteiger partial charge in [0.15, 0.2) is 12.1 Å². The number of hydrogen-bond donors (Lipinski definition) is 3. The lowest BCUT2D eigenvalue weighted by atomic mass is 9.89. The number of aliphatic hydroxyl groups excluding tert-OH is 1. The second-order valence-electron chi connectivity index (χ2n) is 12.4. The van der Waals surface area contributed by atoms with Gasteiger partial charge in [0.2, 0.25) is 0 Å². The van der Waals surface area contributed by atoms with Crippen molar-refractivity contribution in [1.29, 1.82) is 5.26 Å². The number of methoxy groups -OCH3 is 1. The highest BCUT2D eigenvalue weighted by atomic mass is 19.4. The van der Waals surface area contributed by atoms with Gasteiger partial charge in [-0.2, -0.15) is 31.6 Å². The summed E-state index contributed by atoms with van der Waals surface area (Å²) >= 11 is 0. The van der Waals surface area contributed by atoms with Crippen molar-refractivity contribution < 1.29 is 36.2 Å². The number of ether oxygens (including phenoxy) is 1. The number of nitriles is 1. The third-order valence-corrected chi connectivity index (χ3v) is 9.06. The van der Waals surface area contributed by atoms with Crippen LogP contribution >= 0.6 is 0 Å². The van der Waals surface area contributed by atoms with Crippen LogP contribution in [0.5, 0.6) is 0 Å². The van der Waals surface area contributed by atoms with E-state index >= 15 is 0 Å². The number of anilines is 2. The van der Waals surface area contributed by atoms with Gasteiger partial charge in [0.05, 0.1) is 23.3 Å². The highest BCUT2D eigenvalue weighted by molar-refractivity contribution is 5.84. The molecule has 1 atom stereocenters. The third kappa shape index (κ3) is 7.25. The predicted molar refractivity (Wildman–Crippen MR) is 171 cm³/mol. The van der Waals surface area contributed by atoms with Crippen LogP contribution in [0.1, 0.15) is 59.7 Å². The first kappa shape index (κ1) is 35.1. The van der Waals surface area contributed by atoms with E-state index in [-0.39, 0.29) is 77.9 Å². The maximum Gasteiger partial charge on any atom is 0.416 e. The Bertz CT molecular complexity index is 1900. The summed E-state index contributed by atoms with van der Waals surface area (Å²) in [5.74, 6) is 0.499. The van der Waals surface area contributed by atoms with E-state index in [1.807, 2.05) is 6.07 Å². The normalized spacial score (nSPS) is 18.9. The van der Waals surface area contributed by atoms with Gasteiger partial charge < -0.3 is 29.9 Å². The predicted octanol–water partition coefficient (Wildman–Crippen LogP) is 6.58. The van der Waals surface area contributed by atoms with Gasteiger partial charge in [0.25, 0.3) is 0 Å². The lowest BCUT2D eigenvalue weighted by Crippen LogP contribution is -2.44. The summed E-state index contributed by atoms with van der Waals surface area (Å²) in [6.45, 7) is 0.0704. The summed E-state index contributed by atoms with van der Waals surface area (Å²) in [6, 6.07) is 10.9. The number of rotatable bonds is 11. The zero-order valence-corrected chi connectivity index (χ0v) is 27.1. The first-order valence-corrected chi connectivity index (χ1v) is 15.9. The van der Waals surface area contributed by atoms with Gasteiger partial charge in [0.1, 0.15) is 18.0 Å². The van der Waals surface area contributed by atoms with Gasteiger partial charge in [-0.15, -0.1) is 10.2 Å². The minimum atomic E-state index is -4.72. The molecule has 6 rings (SSSR count). The number of nitrogens with one attached hydrogen (secondary N) is 2. The van der Waals surface area contributed by atoms with Crippen molar-refractivity contribution in [3.05, 3.63) is 76.6 Å². The molecule has 0 spiro atoms. The molecule has 0 bridgehead atoms. The van der Waals surface area contributed by atoms with E-state index in [0.29, 0.717) is 17.5 Å². The topological polar surface area (TPSA) is 124 Å². The number of unbranched alkanes of at least 4 members (excludes halogenated alkanes) is 1. The molecule has 0 radical (unpaired) electrons. The first-order valence-electron chi connectivity index (χ1n) is 15.9. The average molecular weight is 701 g/mol. The van der Waals surface area contributed by atoms with Crippen LogP contribution in [0.4, 0.5) is 38.0 Å². The van der Waals surface area contributed by atoms with E-state index in [2.05, 4.69) is 25.8 Å². The van der Waals surface area contributed by atoms with Crippen molar-refractivity contribution in [1.82, 2.24) is 25.1 Å². The largest absolute Gasteiger partial charge is 0.416 e. The van der Waals surface area contributed by atoms with Crippen LogP contribution in [0.2, 0.25) is 0 Å². The van der Waals surface area contributed by atoms with Crippen LogP contribution in [0.25, 0.3) is 22.5 Å². The summed E-state index contributed by atoms with van der Waals surface area (Å²) in [5, 5.41) is 34.8.